The second-order valence-electron chi connectivity index (χ2n) is 17.9. The van der Waals surface area contributed by atoms with Crippen molar-refractivity contribution in [2.75, 3.05) is 0 Å². The van der Waals surface area contributed by atoms with Gasteiger partial charge in [0.15, 0.2) is 0 Å². The summed E-state index contributed by atoms with van der Waals surface area (Å²) in [7, 11) is 0. The summed E-state index contributed by atoms with van der Waals surface area (Å²) in [6, 6.07) is 64.7. The van der Waals surface area contributed by atoms with E-state index in [1.165, 1.54) is 82.8 Å². The average Bonchev–Trinajstić information content (AvgIpc) is 3.62. The standard InChI is InChI=1S/C59H52S.C2H6/c1-40(2)60-54-36-21-20-33-51(54)58(6,43-27-14-9-15-28-43)44-37-38-46-45(39-44)55-52(57(5,41-23-10-7-11-24-41)42-25-12-8-13-26-42)34-22-35-53(55)59(46)49-31-18-16-29-47(49)56(3,4)48-30-17-19-32-50(48)59;1-2/h7-8,10-14,16-39H,1,9,15H2,2-6H3;1-2H3. The molecule has 0 saturated heterocycles. The van der Waals surface area contributed by atoms with Gasteiger partial charge >= 0.3 is 0 Å². The number of hydrogen-bond donors (Lipinski definition) is 0. The Balaban J connectivity index is 0.00000242. The number of hydrogen-bond acceptors (Lipinski definition) is 1. The van der Waals surface area contributed by atoms with Gasteiger partial charge in [-0.05, 0) is 129 Å². The highest BCUT2D eigenvalue weighted by Gasteiger charge is 2.55. The van der Waals surface area contributed by atoms with Crippen LogP contribution >= 0.6 is 11.8 Å². The monoisotopic (exact) mass is 822 g/mol. The third kappa shape index (κ3) is 6.11. The Morgan fingerprint density at radius 3 is 1.65 bits per heavy atom. The lowest BCUT2D eigenvalue weighted by Gasteiger charge is -2.47. The summed E-state index contributed by atoms with van der Waals surface area (Å²) in [5.41, 5.74) is 17.2. The van der Waals surface area contributed by atoms with Gasteiger partial charge in [0.05, 0.1) is 5.41 Å². The van der Waals surface area contributed by atoms with Crippen LogP contribution in [0.25, 0.3) is 11.1 Å². The Kier molecular flexibility index (Phi) is 10.8. The number of benzene rings is 7. The van der Waals surface area contributed by atoms with Gasteiger partial charge in [-0.3, -0.25) is 0 Å². The molecule has 0 aromatic heterocycles. The average molecular weight is 823 g/mol. The summed E-state index contributed by atoms with van der Waals surface area (Å²) in [6.07, 6.45) is 9.33. The van der Waals surface area contributed by atoms with Gasteiger partial charge in [-0.25, -0.2) is 0 Å². The largest absolute Gasteiger partial charge is 0.0951 e. The van der Waals surface area contributed by atoms with Crippen molar-refractivity contribution in [1.82, 2.24) is 0 Å². The Morgan fingerprint density at radius 1 is 0.532 bits per heavy atom. The molecule has 62 heavy (non-hydrogen) atoms. The van der Waals surface area contributed by atoms with E-state index < -0.39 is 16.2 Å². The minimum atomic E-state index is -0.523. The molecule has 1 unspecified atom stereocenters. The molecule has 0 aliphatic heterocycles. The molecular formula is C61H58S. The first-order valence-electron chi connectivity index (χ1n) is 22.5. The van der Waals surface area contributed by atoms with Crippen molar-refractivity contribution in [1.29, 1.82) is 0 Å². The van der Waals surface area contributed by atoms with Crippen molar-refractivity contribution in [3.05, 3.63) is 266 Å². The quantitative estimate of drug-likeness (QED) is 0.109. The van der Waals surface area contributed by atoms with E-state index >= 15 is 0 Å². The van der Waals surface area contributed by atoms with Crippen molar-refractivity contribution in [3.63, 3.8) is 0 Å². The summed E-state index contributed by atoms with van der Waals surface area (Å²) in [5.74, 6) is 0. The Morgan fingerprint density at radius 2 is 1.06 bits per heavy atom. The normalized spacial score (nSPS) is 16.1. The van der Waals surface area contributed by atoms with Crippen LogP contribution in [0.4, 0.5) is 0 Å². The minimum Gasteiger partial charge on any atom is -0.0951 e. The topological polar surface area (TPSA) is 0 Å². The molecule has 1 heteroatoms. The van der Waals surface area contributed by atoms with Gasteiger partial charge in [0.25, 0.3) is 0 Å². The van der Waals surface area contributed by atoms with Gasteiger partial charge in [-0.15, -0.1) is 0 Å². The third-order valence-electron chi connectivity index (χ3n) is 14.3. The van der Waals surface area contributed by atoms with Crippen LogP contribution in [-0.4, -0.2) is 0 Å². The fourth-order valence-electron chi connectivity index (χ4n) is 11.3. The smallest absolute Gasteiger partial charge is 0.0719 e. The maximum absolute atomic E-state index is 4.34. The lowest BCUT2D eigenvalue weighted by molar-refractivity contribution is 0.562. The van der Waals surface area contributed by atoms with E-state index in [9.17, 15) is 0 Å². The van der Waals surface area contributed by atoms with Crippen molar-refractivity contribution in [2.45, 2.75) is 87.9 Å². The van der Waals surface area contributed by atoms with Crippen LogP contribution < -0.4 is 0 Å². The first-order chi connectivity index (χ1) is 30.1. The van der Waals surface area contributed by atoms with Gasteiger partial charge < -0.3 is 0 Å². The Labute approximate surface area is 375 Å². The highest BCUT2D eigenvalue weighted by molar-refractivity contribution is 8.03. The van der Waals surface area contributed by atoms with Gasteiger partial charge in [0.2, 0.25) is 0 Å². The van der Waals surface area contributed by atoms with Crippen LogP contribution in [-0.2, 0) is 21.7 Å². The zero-order valence-corrected chi connectivity index (χ0v) is 38.2. The molecular weight excluding hydrogens is 765 g/mol. The second-order valence-corrected chi connectivity index (χ2v) is 19.2. The Bertz CT molecular complexity index is 2780. The number of allylic oxidation sites excluding steroid dienone is 5. The zero-order valence-electron chi connectivity index (χ0n) is 37.4. The maximum atomic E-state index is 4.34. The van der Waals surface area contributed by atoms with Crippen LogP contribution in [0.2, 0.25) is 0 Å². The molecule has 0 amide bonds. The summed E-state index contributed by atoms with van der Waals surface area (Å²) in [4.78, 5) is 2.34. The molecule has 1 atom stereocenters. The summed E-state index contributed by atoms with van der Waals surface area (Å²) in [6.45, 7) is 20.2. The lowest BCUT2D eigenvalue weighted by Crippen LogP contribution is -2.40. The zero-order chi connectivity index (χ0) is 43.3. The third-order valence-corrected chi connectivity index (χ3v) is 15.2. The van der Waals surface area contributed by atoms with E-state index in [2.05, 4.69) is 229 Å². The number of rotatable bonds is 8. The predicted octanol–water partition coefficient (Wildman–Crippen LogP) is 16.3. The van der Waals surface area contributed by atoms with E-state index in [0.717, 1.165) is 17.7 Å². The van der Waals surface area contributed by atoms with Crippen molar-refractivity contribution in [3.8, 4) is 11.1 Å². The minimum absolute atomic E-state index is 0.176. The van der Waals surface area contributed by atoms with Gasteiger partial charge in [-0.2, -0.15) is 0 Å². The van der Waals surface area contributed by atoms with Gasteiger partial charge in [-0.1, -0.05) is 222 Å². The van der Waals surface area contributed by atoms with E-state index in [-0.39, 0.29) is 5.41 Å². The van der Waals surface area contributed by atoms with E-state index in [4.69, 9.17) is 0 Å². The molecule has 0 nitrogen and oxygen atoms in total. The van der Waals surface area contributed by atoms with Crippen molar-refractivity contribution >= 4 is 11.8 Å². The van der Waals surface area contributed by atoms with Crippen LogP contribution in [0.3, 0.4) is 0 Å². The molecule has 7 aromatic carbocycles. The molecule has 0 heterocycles. The van der Waals surface area contributed by atoms with Gasteiger partial charge in [0.1, 0.15) is 0 Å². The van der Waals surface area contributed by atoms with Crippen molar-refractivity contribution in [2.24, 2.45) is 0 Å². The summed E-state index contributed by atoms with van der Waals surface area (Å²) in [5, 5.41) is 0. The van der Waals surface area contributed by atoms with Crippen molar-refractivity contribution < 1.29 is 0 Å². The molecule has 0 radical (unpaired) electrons. The maximum Gasteiger partial charge on any atom is 0.0719 e. The summed E-state index contributed by atoms with van der Waals surface area (Å²) >= 11 is 1.78. The second kappa shape index (κ2) is 16.1. The molecule has 308 valence electrons. The highest BCUT2D eigenvalue weighted by Crippen LogP contribution is 2.64. The number of fused-ring (bicyclic) bond motifs is 9. The van der Waals surface area contributed by atoms with Crippen LogP contribution in [0.15, 0.2) is 210 Å². The predicted molar refractivity (Wildman–Crippen MR) is 266 cm³/mol. The van der Waals surface area contributed by atoms with E-state index in [1.54, 1.807) is 11.8 Å². The number of thioether (sulfide) groups is 1. The molecule has 0 saturated carbocycles. The molecule has 3 aliphatic rings. The van der Waals surface area contributed by atoms with Crippen LogP contribution in [0.1, 0.15) is 123 Å². The molecule has 0 N–H and O–H groups in total. The Hall–Kier alpha value is -5.89. The molecule has 10 rings (SSSR count). The van der Waals surface area contributed by atoms with E-state index in [1.807, 2.05) is 13.8 Å². The summed E-state index contributed by atoms with van der Waals surface area (Å²) < 4.78 is 0. The lowest BCUT2D eigenvalue weighted by atomic mass is 9.55. The van der Waals surface area contributed by atoms with Gasteiger partial charge in [0, 0.05) is 21.1 Å². The first kappa shape index (κ1) is 41.5. The van der Waals surface area contributed by atoms with Crippen LogP contribution in [0, 0.1) is 0 Å². The SMILES string of the molecule is C=C(C)Sc1ccccc1C(C)(C1=CCCC=C1)c1ccc2c(c1)-c1c(C(C)(c3ccccc3)c3ccccc3)cccc1C21c2ccccc2C(C)(C)c2ccccc21.CC. The fraction of sp³-hybridized carbons (Fsp3) is 0.213. The van der Waals surface area contributed by atoms with E-state index in [0.29, 0.717) is 0 Å². The first-order valence-corrected chi connectivity index (χ1v) is 23.3. The molecule has 0 fully saturated rings. The molecule has 0 bridgehead atoms. The molecule has 3 aliphatic carbocycles. The fourth-order valence-corrected chi connectivity index (χ4v) is 12.2. The highest BCUT2D eigenvalue weighted by atomic mass is 32.2. The van der Waals surface area contributed by atoms with Crippen LogP contribution in [0.5, 0.6) is 0 Å². The molecule has 7 aromatic rings. The molecule has 1 spiro atoms.